The largest absolute Gasteiger partial charge is 0.373 e. The molecule has 0 saturated heterocycles. The van der Waals surface area contributed by atoms with Crippen molar-refractivity contribution >= 4 is 23.3 Å². The molecular weight excluding hydrogens is 206 g/mol. The lowest BCUT2D eigenvalue weighted by atomic mass is 9.98. The first-order valence-electron chi connectivity index (χ1n) is 4.63. The molecule has 0 aromatic carbocycles. The van der Waals surface area contributed by atoms with Crippen molar-refractivity contribution in [2.45, 2.75) is 31.1 Å². The molecule has 0 heterocycles. The molecule has 0 amide bonds. The second-order valence-electron chi connectivity index (χ2n) is 3.19. The summed E-state index contributed by atoms with van der Waals surface area (Å²) in [5, 5.41) is 3.65. The molecule has 0 bridgehead atoms. The van der Waals surface area contributed by atoms with E-state index in [2.05, 4.69) is 14.7 Å². The predicted octanol–water partition coefficient (Wildman–Crippen LogP) is 1.71. The van der Waals surface area contributed by atoms with E-state index in [1.54, 1.807) is 0 Å². The van der Waals surface area contributed by atoms with Crippen LogP contribution in [0.2, 0.25) is 0 Å². The van der Waals surface area contributed by atoms with Crippen molar-refractivity contribution in [3.63, 3.8) is 0 Å². The molecule has 0 spiro atoms. The lowest BCUT2D eigenvalue weighted by Gasteiger charge is -2.16. The number of nitrogens with zero attached hydrogens (tertiary/aromatic N) is 1. The first-order valence-corrected chi connectivity index (χ1v) is 5.07. The summed E-state index contributed by atoms with van der Waals surface area (Å²) in [6, 6.07) is 0. The lowest BCUT2D eigenvalue weighted by Crippen LogP contribution is -2.20. The molecular formula is C9H14ClNO3. The number of methoxy groups -OCH3 is 1. The van der Waals surface area contributed by atoms with Crippen LogP contribution in [-0.2, 0) is 14.4 Å². The van der Waals surface area contributed by atoms with E-state index >= 15 is 0 Å². The number of oxime groups is 1. The fourth-order valence-corrected chi connectivity index (χ4v) is 1.61. The van der Waals surface area contributed by atoms with Gasteiger partial charge in [0.15, 0.2) is 0 Å². The van der Waals surface area contributed by atoms with Gasteiger partial charge in [-0.2, -0.15) is 0 Å². The van der Waals surface area contributed by atoms with Gasteiger partial charge in [0.25, 0.3) is 0 Å². The standard InChI is InChI=1S/C9H14ClNO3/c1-13-6-9(12)14-11-8-5-3-2-4-7(8)10/h7H,2-6H2,1H3. The number of alkyl halides is 1. The van der Waals surface area contributed by atoms with Gasteiger partial charge in [0.1, 0.15) is 6.61 Å². The molecule has 0 aliphatic heterocycles. The van der Waals surface area contributed by atoms with Crippen LogP contribution in [0, 0.1) is 0 Å². The minimum absolute atomic E-state index is 0.0796. The molecule has 0 N–H and O–H groups in total. The van der Waals surface area contributed by atoms with Crippen LogP contribution >= 0.6 is 11.6 Å². The first kappa shape index (κ1) is 11.5. The van der Waals surface area contributed by atoms with Crippen molar-refractivity contribution in [1.29, 1.82) is 0 Å². The average molecular weight is 220 g/mol. The summed E-state index contributed by atoms with van der Waals surface area (Å²) < 4.78 is 4.59. The zero-order valence-corrected chi connectivity index (χ0v) is 8.92. The summed E-state index contributed by atoms with van der Waals surface area (Å²) in [5.74, 6) is -0.491. The van der Waals surface area contributed by atoms with Crippen molar-refractivity contribution in [3.8, 4) is 0 Å². The van der Waals surface area contributed by atoms with Crippen molar-refractivity contribution < 1.29 is 14.4 Å². The Morgan fingerprint density at radius 2 is 2.43 bits per heavy atom. The Bertz CT molecular complexity index is 230. The van der Waals surface area contributed by atoms with Crippen molar-refractivity contribution in [3.05, 3.63) is 0 Å². The Morgan fingerprint density at radius 3 is 3.07 bits per heavy atom. The maximum Gasteiger partial charge on any atom is 0.360 e. The number of carbonyl (C=O) groups excluding carboxylic acids is 1. The molecule has 1 saturated carbocycles. The van der Waals surface area contributed by atoms with Crippen LogP contribution in [0.5, 0.6) is 0 Å². The van der Waals surface area contributed by atoms with E-state index < -0.39 is 5.97 Å². The zero-order chi connectivity index (χ0) is 10.4. The van der Waals surface area contributed by atoms with Gasteiger partial charge in [-0.25, -0.2) is 4.79 Å². The molecule has 4 nitrogen and oxygen atoms in total. The lowest BCUT2D eigenvalue weighted by molar-refractivity contribution is -0.147. The van der Waals surface area contributed by atoms with Gasteiger partial charge in [-0.05, 0) is 19.3 Å². The highest BCUT2D eigenvalue weighted by Crippen LogP contribution is 2.20. The number of carbonyl (C=O) groups is 1. The third kappa shape index (κ3) is 3.64. The van der Waals surface area contributed by atoms with Gasteiger partial charge in [0, 0.05) is 7.11 Å². The molecule has 5 heteroatoms. The molecule has 1 atom stereocenters. The van der Waals surface area contributed by atoms with E-state index in [1.165, 1.54) is 7.11 Å². The van der Waals surface area contributed by atoms with Crippen molar-refractivity contribution in [2.75, 3.05) is 13.7 Å². The van der Waals surface area contributed by atoms with Gasteiger partial charge < -0.3 is 9.57 Å². The molecule has 0 aromatic rings. The monoisotopic (exact) mass is 219 g/mol. The SMILES string of the molecule is COCC(=O)ON=C1CCCCC1Cl. The second kappa shape index (κ2) is 5.98. The summed E-state index contributed by atoms with van der Waals surface area (Å²) in [6.07, 6.45) is 3.89. The maximum atomic E-state index is 10.9. The number of hydrogen-bond donors (Lipinski definition) is 0. The van der Waals surface area contributed by atoms with E-state index in [-0.39, 0.29) is 12.0 Å². The van der Waals surface area contributed by atoms with Crippen LogP contribution in [-0.4, -0.2) is 30.8 Å². The molecule has 80 valence electrons. The van der Waals surface area contributed by atoms with Crippen LogP contribution in [0.15, 0.2) is 5.16 Å². The fraction of sp³-hybridized carbons (Fsp3) is 0.778. The molecule has 0 radical (unpaired) electrons. The Hall–Kier alpha value is -0.610. The number of hydrogen-bond acceptors (Lipinski definition) is 4. The fourth-order valence-electron chi connectivity index (χ4n) is 1.31. The van der Waals surface area contributed by atoms with E-state index in [4.69, 9.17) is 11.6 Å². The van der Waals surface area contributed by atoms with Gasteiger partial charge in [0.2, 0.25) is 0 Å². The maximum absolute atomic E-state index is 10.9. The van der Waals surface area contributed by atoms with E-state index in [9.17, 15) is 4.79 Å². The third-order valence-corrected chi connectivity index (χ3v) is 2.50. The minimum atomic E-state index is -0.491. The zero-order valence-electron chi connectivity index (χ0n) is 8.16. The average Bonchev–Trinajstić information content (AvgIpc) is 2.17. The van der Waals surface area contributed by atoms with Crippen molar-refractivity contribution in [2.24, 2.45) is 5.16 Å². The topological polar surface area (TPSA) is 47.9 Å². The molecule has 1 fully saturated rings. The quantitative estimate of drug-likeness (QED) is 0.413. The summed E-state index contributed by atoms with van der Waals surface area (Å²) in [7, 11) is 1.43. The van der Waals surface area contributed by atoms with E-state index in [0.717, 1.165) is 31.4 Å². The van der Waals surface area contributed by atoms with E-state index in [0.29, 0.717) is 0 Å². The summed E-state index contributed by atoms with van der Waals surface area (Å²) >= 11 is 5.99. The Kier molecular flexibility index (Phi) is 4.90. The Labute approximate surface area is 88.2 Å². The molecule has 1 aliphatic rings. The van der Waals surface area contributed by atoms with E-state index in [1.807, 2.05) is 0 Å². The van der Waals surface area contributed by atoms with Gasteiger partial charge in [-0.1, -0.05) is 11.6 Å². The molecule has 14 heavy (non-hydrogen) atoms. The second-order valence-corrected chi connectivity index (χ2v) is 3.72. The summed E-state index contributed by atoms with van der Waals surface area (Å²) in [5.41, 5.74) is 0.766. The summed E-state index contributed by atoms with van der Waals surface area (Å²) in [6.45, 7) is -0.0796. The Balaban J connectivity index is 2.38. The highest BCUT2D eigenvalue weighted by atomic mass is 35.5. The van der Waals surface area contributed by atoms with Crippen molar-refractivity contribution in [1.82, 2.24) is 0 Å². The number of halogens is 1. The van der Waals surface area contributed by atoms with Gasteiger partial charge in [-0.3, -0.25) is 0 Å². The van der Waals surface area contributed by atoms with Crippen LogP contribution < -0.4 is 0 Å². The Morgan fingerprint density at radius 1 is 1.64 bits per heavy atom. The molecule has 1 aliphatic carbocycles. The normalized spacial score (nSPS) is 25.0. The highest BCUT2D eigenvalue weighted by Gasteiger charge is 2.18. The predicted molar refractivity (Wildman–Crippen MR) is 53.5 cm³/mol. The van der Waals surface area contributed by atoms with Crippen LogP contribution in [0.25, 0.3) is 0 Å². The molecule has 1 rings (SSSR count). The van der Waals surface area contributed by atoms with Gasteiger partial charge >= 0.3 is 5.97 Å². The van der Waals surface area contributed by atoms with Crippen LogP contribution in [0.3, 0.4) is 0 Å². The number of rotatable bonds is 3. The number of ether oxygens (including phenoxy) is 1. The van der Waals surface area contributed by atoms with Gasteiger partial charge in [0.05, 0.1) is 11.1 Å². The smallest absolute Gasteiger partial charge is 0.360 e. The molecule has 0 aromatic heterocycles. The highest BCUT2D eigenvalue weighted by molar-refractivity contribution is 6.32. The summed E-state index contributed by atoms with van der Waals surface area (Å²) in [4.78, 5) is 15.5. The third-order valence-electron chi connectivity index (χ3n) is 2.03. The van der Waals surface area contributed by atoms with Crippen LogP contribution in [0.1, 0.15) is 25.7 Å². The van der Waals surface area contributed by atoms with Crippen LogP contribution in [0.4, 0.5) is 0 Å². The first-order chi connectivity index (χ1) is 6.74. The molecule has 1 unspecified atom stereocenters. The minimum Gasteiger partial charge on any atom is -0.373 e. The van der Waals surface area contributed by atoms with Gasteiger partial charge in [-0.15, -0.1) is 11.6 Å².